The van der Waals surface area contributed by atoms with Gasteiger partial charge in [-0.25, -0.2) is 0 Å². The normalized spacial score (nSPS) is 10.8. The number of unbranched alkanes of at least 4 members (excludes halogenated alkanes) is 4. The van der Waals surface area contributed by atoms with Gasteiger partial charge in [-0.05, 0) is 42.9 Å². The van der Waals surface area contributed by atoms with Crippen LogP contribution in [-0.2, 0) is 12.8 Å². The van der Waals surface area contributed by atoms with Gasteiger partial charge in [0.05, 0.1) is 5.69 Å². The van der Waals surface area contributed by atoms with E-state index in [1.807, 2.05) is 6.20 Å². The molecule has 22 heavy (non-hydrogen) atoms. The molecule has 1 aromatic carbocycles. The van der Waals surface area contributed by atoms with Crippen molar-refractivity contribution in [1.29, 1.82) is 0 Å². The van der Waals surface area contributed by atoms with Crippen LogP contribution in [0.4, 0.5) is 0 Å². The Morgan fingerprint density at radius 1 is 0.682 bits per heavy atom. The van der Waals surface area contributed by atoms with Crippen molar-refractivity contribution in [2.75, 3.05) is 0 Å². The fourth-order valence-corrected chi connectivity index (χ4v) is 2.72. The van der Waals surface area contributed by atoms with Crippen molar-refractivity contribution in [3.63, 3.8) is 0 Å². The molecule has 0 atom stereocenters. The van der Waals surface area contributed by atoms with Crippen LogP contribution in [-0.4, -0.2) is 4.98 Å². The van der Waals surface area contributed by atoms with Gasteiger partial charge >= 0.3 is 0 Å². The average Bonchev–Trinajstić information content (AvgIpc) is 2.58. The Labute approximate surface area is 135 Å². The van der Waals surface area contributed by atoms with Gasteiger partial charge < -0.3 is 0 Å². The highest BCUT2D eigenvalue weighted by atomic mass is 14.7. The second-order valence-electron chi connectivity index (χ2n) is 6.16. The molecule has 2 rings (SSSR count). The summed E-state index contributed by atoms with van der Waals surface area (Å²) < 4.78 is 0. The Hall–Kier alpha value is -1.63. The maximum Gasteiger partial charge on any atom is 0.0702 e. The van der Waals surface area contributed by atoms with Crippen LogP contribution in [0.3, 0.4) is 0 Å². The van der Waals surface area contributed by atoms with Gasteiger partial charge in [0.2, 0.25) is 0 Å². The number of rotatable bonds is 9. The van der Waals surface area contributed by atoms with Gasteiger partial charge in [-0.2, -0.15) is 0 Å². The molecule has 0 bridgehead atoms. The first kappa shape index (κ1) is 16.7. The van der Waals surface area contributed by atoms with Crippen LogP contribution in [0.1, 0.15) is 63.5 Å². The third-order valence-corrected chi connectivity index (χ3v) is 4.21. The van der Waals surface area contributed by atoms with E-state index in [4.69, 9.17) is 0 Å². The van der Waals surface area contributed by atoms with E-state index in [2.05, 4.69) is 55.2 Å². The first-order valence-corrected chi connectivity index (χ1v) is 8.87. The van der Waals surface area contributed by atoms with Gasteiger partial charge in [0, 0.05) is 11.8 Å². The zero-order chi connectivity index (χ0) is 15.6. The smallest absolute Gasteiger partial charge is 0.0702 e. The predicted molar refractivity (Wildman–Crippen MR) is 96.1 cm³/mol. The van der Waals surface area contributed by atoms with Crippen LogP contribution in [0.15, 0.2) is 42.6 Å². The highest BCUT2D eigenvalue weighted by molar-refractivity contribution is 5.59. The molecule has 0 unspecified atom stereocenters. The van der Waals surface area contributed by atoms with Crippen LogP contribution < -0.4 is 0 Å². The summed E-state index contributed by atoms with van der Waals surface area (Å²) in [6, 6.07) is 13.3. The van der Waals surface area contributed by atoms with Crippen molar-refractivity contribution in [3.05, 3.63) is 53.7 Å². The Balaban J connectivity index is 1.92. The zero-order valence-corrected chi connectivity index (χ0v) is 14.1. The highest BCUT2D eigenvalue weighted by Crippen LogP contribution is 2.19. The molecule has 118 valence electrons. The summed E-state index contributed by atoms with van der Waals surface area (Å²) in [5.41, 5.74) is 5.09. The van der Waals surface area contributed by atoms with E-state index < -0.39 is 0 Å². The molecular formula is C21H29N. The van der Waals surface area contributed by atoms with E-state index in [9.17, 15) is 0 Å². The molecule has 0 spiro atoms. The molecule has 0 amide bonds. The molecule has 0 saturated heterocycles. The van der Waals surface area contributed by atoms with E-state index in [-0.39, 0.29) is 0 Å². The van der Waals surface area contributed by atoms with E-state index in [0.29, 0.717) is 0 Å². The number of benzene rings is 1. The van der Waals surface area contributed by atoms with Crippen LogP contribution in [0, 0.1) is 0 Å². The molecular weight excluding hydrogens is 266 g/mol. The molecule has 1 aromatic heterocycles. The molecule has 1 heteroatoms. The maximum atomic E-state index is 4.64. The SMILES string of the molecule is CCCCCCc1ccc(-c2ccc(CCCC)cc2)nc1. The fraction of sp³-hybridized carbons (Fsp3) is 0.476. The van der Waals surface area contributed by atoms with E-state index in [1.54, 1.807) is 0 Å². The monoisotopic (exact) mass is 295 g/mol. The number of pyridine rings is 1. The lowest BCUT2D eigenvalue weighted by Gasteiger charge is -2.05. The van der Waals surface area contributed by atoms with Gasteiger partial charge in [-0.15, -0.1) is 0 Å². The van der Waals surface area contributed by atoms with Gasteiger partial charge in [0.25, 0.3) is 0 Å². The van der Waals surface area contributed by atoms with Gasteiger partial charge in [-0.3, -0.25) is 4.98 Å². The summed E-state index contributed by atoms with van der Waals surface area (Å²) in [4.78, 5) is 4.64. The molecule has 0 fully saturated rings. The minimum absolute atomic E-state index is 1.08. The molecule has 2 aromatic rings. The van der Waals surface area contributed by atoms with Crippen molar-refractivity contribution in [2.24, 2.45) is 0 Å². The van der Waals surface area contributed by atoms with Gasteiger partial charge in [0.1, 0.15) is 0 Å². The second-order valence-corrected chi connectivity index (χ2v) is 6.16. The maximum absolute atomic E-state index is 4.64. The molecule has 0 aliphatic carbocycles. The Bertz CT molecular complexity index is 525. The van der Waals surface area contributed by atoms with Crippen molar-refractivity contribution in [3.8, 4) is 11.3 Å². The van der Waals surface area contributed by atoms with Crippen molar-refractivity contribution in [1.82, 2.24) is 4.98 Å². The number of hydrogen-bond acceptors (Lipinski definition) is 1. The topological polar surface area (TPSA) is 12.9 Å². The molecule has 0 radical (unpaired) electrons. The number of aromatic nitrogens is 1. The lowest BCUT2D eigenvalue weighted by Crippen LogP contribution is -1.90. The number of nitrogens with zero attached hydrogens (tertiary/aromatic N) is 1. The zero-order valence-electron chi connectivity index (χ0n) is 14.1. The molecule has 0 aliphatic rings. The third kappa shape index (κ3) is 5.29. The lowest BCUT2D eigenvalue weighted by atomic mass is 10.0. The predicted octanol–water partition coefficient (Wildman–Crippen LogP) is 6.21. The van der Waals surface area contributed by atoms with Crippen LogP contribution in [0.5, 0.6) is 0 Å². The Morgan fingerprint density at radius 3 is 2.00 bits per heavy atom. The van der Waals surface area contributed by atoms with Crippen molar-refractivity contribution in [2.45, 2.75) is 65.2 Å². The second kappa shape index (κ2) is 9.40. The molecule has 0 aliphatic heterocycles. The van der Waals surface area contributed by atoms with Crippen molar-refractivity contribution < 1.29 is 0 Å². The largest absolute Gasteiger partial charge is 0.256 e. The van der Waals surface area contributed by atoms with Gasteiger partial charge in [-0.1, -0.05) is 69.9 Å². The Kier molecular flexibility index (Phi) is 7.15. The summed E-state index contributed by atoms with van der Waals surface area (Å²) in [6.45, 7) is 4.49. The molecule has 1 heterocycles. The minimum Gasteiger partial charge on any atom is -0.256 e. The molecule has 0 saturated carbocycles. The lowest BCUT2D eigenvalue weighted by molar-refractivity contribution is 0.666. The summed E-state index contributed by atoms with van der Waals surface area (Å²) in [7, 11) is 0. The van der Waals surface area contributed by atoms with Crippen LogP contribution in [0.25, 0.3) is 11.3 Å². The minimum atomic E-state index is 1.08. The summed E-state index contributed by atoms with van der Waals surface area (Å²) in [5, 5.41) is 0. The first-order chi connectivity index (χ1) is 10.8. The van der Waals surface area contributed by atoms with Gasteiger partial charge in [0.15, 0.2) is 0 Å². The van der Waals surface area contributed by atoms with E-state index in [1.165, 1.54) is 61.6 Å². The van der Waals surface area contributed by atoms with E-state index in [0.717, 1.165) is 12.1 Å². The standard InChI is InChI=1S/C21H29N/c1-3-5-7-8-10-19-13-16-21(22-17-19)20-14-11-18(12-15-20)9-6-4-2/h11-17H,3-10H2,1-2H3. The quantitative estimate of drug-likeness (QED) is 0.501. The van der Waals surface area contributed by atoms with Crippen LogP contribution in [0.2, 0.25) is 0 Å². The van der Waals surface area contributed by atoms with Crippen molar-refractivity contribution >= 4 is 0 Å². The average molecular weight is 295 g/mol. The van der Waals surface area contributed by atoms with E-state index >= 15 is 0 Å². The Morgan fingerprint density at radius 2 is 1.36 bits per heavy atom. The molecule has 1 nitrogen and oxygen atoms in total. The number of hydrogen-bond donors (Lipinski definition) is 0. The molecule has 0 N–H and O–H groups in total. The fourth-order valence-electron chi connectivity index (χ4n) is 2.72. The van der Waals surface area contributed by atoms with Crippen LogP contribution >= 0.6 is 0 Å². The summed E-state index contributed by atoms with van der Waals surface area (Å²) in [5.74, 6) is 0. The first-order valence-electron chi connectivity index (χ1n) is 8.87. The third-order valence-electron chi connectivity index (χ3n) is 4.21. The summed E-state index contributed by atoms with van der Waals surface area (Å²) >= 11 is 0. The highest BCUT2D eigenvalue weighted by Gasteiger charge is 2.01. The summed E-state index contributed by atoms with van der Waals surface area (Å²) in [6.07, 6.45) is 12.2. The number of aryl methyl sites for hydroxylation is 2.